The molecule has 1 atom stereocenters. The Bertz CT molecular complexity index is 582. The molecule has 140 valence electrons. The van der Waals surface area contributed by atoms with E-state index in [4.69, 9.17) is 14.2 Å². The lowest BCUT2D eigenvalue weighted by Gasteiger charge is -2.29. The van der Waals surface area contributed by atoms with Gasteiger partial charge >= 0.3 is 12.1 Å². The fourth-order valence-corrected chi connectivity index (χ4v) is 2.41. The highest BCUT2D eigenvalue weighted by molar-refractivity contribution is 7.98. The first kappa shape index (κ1) is 21.2. The molecular weight excluding hydrogens is 342 g/mol. The molecule has 1 rings (SSSR count). The Morgan fingerprint density at radius 2 is 1.72 bits per heavy atom. The van der Waals surface area contributed by atoms with Crippen LogP contribution in [0.15, 0.2) is 24.3 Å². The largest absolute Gasteiger partial charge is 0.483 e. The minimum Gasteiger partial charge on any atom is -0.483 e. The van der Waals surface area contributed by atoms with Gasteiger partial charge in [0.2, 0.25) is 0 Å². The van der Waals surface area contributed by atoms with Gasteiger partial charge in [-0.3, -0.25) is 0 Å². The summed E-state index contributed by atoms with van der Waals surface area (Å²) in [5.41, 5.74) is -1.03. The van der Waals surface area contributed by atoms with Crippen LogP contribution in [0.25, 0.3) is 0 Å². The molecule has 1 N–H and O–H groups in total. The summed E-state index contributed by atoms with van der Waals surface area (Å²) in [7, 11) is 1.29. The monoisotopic (exact) mass is 369 g/mol. The number of esters is 1. The molecule has 0 saturated heterocycles. The van der Waals surface area contributed by atoms with E-state index in [1.54, 1.807) is 39.5 Å². The lowest BCUT2D eigenvalue weighted by atomic mass is 9.93. The van der Waals surface area contributed by atoms with Gasteiger partial charge in [0, 0.05) is 6.42 Å². The fraction of sp³-hybridized carbons (Fsp3) is 0.556. The maximum Gasteiger partial charge on any atom is 0.408 e. The average molecular weight is 369 g/mol. The highest BCUT2D eigenvalue weighted by Crippen LogP contribution is 2.20. The SMILES string of the molecule is COC(=O)[C@](C)(Cc1ccc(OCSC)cc1)NC(=O)OC(C)(C)C. The van der Waals surface area contributed by atoms with Gasteiger partial charge in [-0.2, -0.15) is 0 Å². The molecule has 0 spiro atoms. The number of alkyl carbamates (subject to hydrolysis) is 1. The first-order chi connectivity index (χ1) is 11.6. The quantitative estimate of drug-likeness (QED) is 0.587. The smallest absolute Gasteiger partial charge is 0.408 e. The van der Waals surface area contributed by atoms with Crippen molar-refractivity contribution in [3.8, 4) is 5.75 Å². The molecule has 0 aliphatic carbocycles. The second kappa shape index (κ2) is 8.99. The number of methoxy groups -OCH3 is 1. The van der Waals surface area contributed by atoms with Gasteiger partial charge in [0.1, 0.15) is 22.8 Å². The zero-order valence-electron chi connectivity index (χ0n) is 15.7. The fourth-order valence-electron chi connectivity index (χ4n) is 2.16. The number of ether oxygens (including phenoxy) is 3. The topological polar surface area (TPSA) is 73.9 Å². The van der Waals surface area contributed by atoms with Gasteiger partial charge in [-0.15, -0.1) is 11.8 Å². The second-order valence-electron chi connectivity index (χ2n) is 6.82. The standard InChI is InChI=1S/C18H27NO5S/c1-17(2,3)24-16(21)19-18(4,15(20)22-5)11-13-7-9-14(10-8-13)23-12-25-6/h7-10H,11-12H2,1-6H3,(H,19,21)/t18-/m0/s1. The van der Waals surface area contributed by atoms with Crippen molar-refractivity contribution in [1.82, 2.24) is 5.32 Å². The van der Waals surface area contributed by atoms with E-state index in [0.717, 1.165) is 11.3 Å². The number of thioether (sulfide) groups is 1. The number of hydrogen-bond acceptors (Lipinski definition) is 6. The number of benzene rings is 1. The molecule has 25 heavy (non-hydrogen) atoms. The first-order valence-corrected chi connectivity index (χ1v) is 9.29. The Hall–Kier alpha value is -1.89. The van der Waals surface area contributed by atoms with Crippen LogP contribution in [-0.4, -0.2) is 42.5 Å². The average Bonchev–Trinajstić information content (AvgIpc) is 2.51. The predicted octanol–water partition coefficient (Wildman–Crippen LogP) is 3.38. The van der Waals surface area contributed by atoms with Crippen LogP contribution in [-0.2, 0) is 20.7 Å². The van der Waals surface area contributed by atoms with Crippen molar-refractivity contribution in [1.29, 1.82) is 0 Å². The summed E-state index contributed by atoms with van der Waals surface area (Å²) < 4.78 is 15.6. The van der Waals surface area contributed by atoms with Crippen LogP contribution < -0.4 is 10.1 Å². The number of hydrogen-bond donors (Lipinski definition) is 1. The summed E-state index contributed by atoms with van der Waals surface area (Å²) in [5, 5.41) is 2.63. The van der Waals surface area contributed by atoms with Gasteiger partial charge in [-0.05, 0) is 51.6 Å². The van der Waals surface area contributed by atoms with Crippen molar-refractivity contribution in [2.45, 2.75) is 45.3 Å². The minimum atomic E-state index is -1.24. The maximum absolute atomic E-state index is 12.2. The molecule has 0 aliphatic rings. The Morgan fingerprint density at radius 3 is 2.20 bits per heavy atom. The van der Waals surface area contributed by atoms with Crippen LogP contribution in [0.4, 0.5) is 4.79 Å². The lowest BCUT2D eigenvalue weighted by Crippen LogP contribution is -2.55. The van der Waals surface area contributed by atoms with Gasteiger partial charge in [0.15, 0.2) is 0 Å². The van der Waals surface area contributed by atoms with E-state index in [1.807, 2.05) is 30.5 Å². The second-order valence-corrected chi connectivity index (χ2v) is 7.64. The van der Waals surface area contributed by atoms with Crippen LogP contribution in [0.5, 0.6) is 5.75 Å². The molecule has 0 fully saturated rings. The molecule has 1 aromatic carbocycles. The van der Waals surface area contributed by atoms with E-state index in [9.17, 15) is 9.59 Å². The summed E-state index contributed by atoms with van der Waals surface area (Å²) >= 11 is 1.58. The number of nitrogens with one attached hydrogen (secondary N) is 1. The van der Waals surface area contributed by atoms with Gasteiger partial charge < -0.3 is 19.5 Å². The zero-order chi connectivity index (χ0) is 19.1. The molecule has 7 heteroatoms. The van der Waals surface area contributed by atoms with Crippen LogP contribution in [0.2, 0.25) is 0 Å². The molecule has 0 aliphatic heterocycles. The van der Waals surface area contributed by atoms with Gasteiger partial charge in [0.05, 0.1) is 7.11 Å². The van der Waals surface area contributed by atoms with Gasteiger partial charge in [-0.1, -0.05) is 12.1 Å². The zero-order valence-corrected chi connectivity index (χ0v) is 16.5. The molecule has 6 nitrogen and oxygen atoms in total. The van der Waals surface area contributed by atoms with E-state index in [2.05, 4.69) is 5.32 Å². The summed E-state index contributed by atoms with van der Waals surface area (Å²) in [4.78, 5) is 24.3. The Balaban J connectivity index is 2.87. The summed E-state index contributed by atoms with van der Waals surface area (Å²) in [6, 6.07) is 7.37. The molecule has 0 unspecified atom stereocenters. The Morgan fingerprint density at radius 1 is 1.12 bits per heavy atom. The highest BCUT2D eigenvalue weighted by atomic mass is 32.2. The van der Waals surface area contributed by atoms with E-state index in [-0.39, 0.29) is 6.42 Å². The number of rotatable bonds is 7. The normalized spacial score (nSPS) is 13.5. The summed E-state index contributed by atoms with van der Waals surface area (Å²) in [6.07, 6.45) is 1.56. The molecular formula is C18H27NO5S. The van der Waals surface area contributed by atoms with Crippen LogP contribution in [0, 0.1) is 0 Å². The van der Waals surface area contributed by atoms with Crippen molar-refractivity contribution in [2.24, 2.45) is 0 Å². The maximum atomic E-state index is 12.2. The number of amides is 1. The Kier molecular flexibility index (Phi) is 7.60. The number of carbonyl (C=O) groups excluding carboxylic acids is 2. The van der Waals surface area contributed by atoms with E-state index >= 15 is 0 Å². The highest BCUT2D eigenvalue weighted by Gasteiger charge is 2.37. The van der Waals surface area contributed by atoms with Gasteiger partial charge in [0.25, 0.3) is 0 Å². The predicted molar refractivity (Wildman–Crippen MR) is 98.9 cm³/mol. The molecule has 0 radical (unpaired) electrons. The van der Waals surface area contributed by atoms with Crippen molar-refractivity contribution >= 4 is 23.8 Å². The van der Waals surface area contributed by atoms with Crippen molar-refractivity contribution < 1.29 is 23.8 Å². The van der Waals surface area contributed by atoms with Gasteiger partial charge in [-0.25, -0.2) is 9.59 Å². The van der Waals surface area contributed by atoms with Crippen LogP contribution in [0.3, 0.4) is 0 Å². The molecule has 0 heterocycles. The lowest BCUT2D eigenvalue weighted by molar-refractivity contribution is -0.147. The molecule has 0 saturated carbocycles. The van der Waals surface area contributed by atoms with E-state index < -0.39 is 23.2 Å². The molecule has 0 aromatic heterocycles. The third-order valence-corrected chi connectivity index (χ3v) is 3.59. The Labute approximate surface area is 153 Å². The third kappa shape index (κ3) is 7.25. The van der Waals surface area contributed by atoms with Crippen molar-refractivity contribution in [2.75, 3.05) is 19.3 Å². The summed E-state index contributed by atoms with van der Waals surface area (Å²) in [5.74, 6) is 0.776. The van der Waals surface area contributed by atoms with Crippen molar-refractivity contribution in [3.05, 3.63) is 29.8 Å². The van der Waals surface area contributed by atoms with Crippen LogP contribution >= 0.6 is 11.8 Å². The first-order valence-electron chi connectivity index (χ1n) is 7.90. The third-order valence-electron chi connectivity index (χ3n) is 3.24. The van der Waals surface area contributed by atoms with E-state index in [0.29, 0.717) is 5.94 Å². The van der Waals surface area contributed by atoms with Crippen molar-refractivity contribution in [3.63, 3.8) is 0 Å². The van der Waals surface area contributed by atoms with Crippen LogP contribution in [0.1, 0.15) is 33.3 Å². The summed E-state index contributed by atoms with van der Waals surface area (Å²) in [6.45, 7) is 6.89. The minimum absolute atomic E-state index is 0.266. The van der Waals surface area contributed by atoms with E-state index in [1.165, 1.54) is 7.11 Å². The molecule has 1 amide bonds. The molecule has 0 bridgehead atoms. The molecule has 1 aromatic rings. The number of carbonyl (C=O) groups is 2.